The fraction of sp³-hybridized carbons (Fsp3) is 0.667. The van der Waals surface area contributed by atoms with Crippen LogP contribution in [0.5, 0.6) is 0 Å². The van der Waals surface area contributed by atoms with Crippen LogP contribution in [0.25, 0.3) is 0 Å². The van der Waals surface area contributed by atoms with E-state index >= 15 is 0 Å². The molecule has 6 nitrogen and oxygen atoms in total. The fourth-order valence-corrected chi connectivity index (χ4v) is 4.50. The van der Waals surface area contributed by atoms with Gasteiger partial charge in [0.25, 0.3) is 0 Å². The van der Waals surface area contributed by atoms with Gasteiger partial charge < -0.3 is 10.2 Å². The smallest absolute Gasteiger partial charge is 0.244 e. The standard InChI is InChI=1S/C24H38N4O2/c1-24(2,3)25-21(29)19-26-13-10-16-27(18-17-26)22(20-11-6-4-7-12-20)23(30)28-14-8-5-9-15-28/h4,6-7,11-12,22H,5,8-10,13-19H2,1-3H3,(H,25,29). The summed E-state index contributed by atoms with van der Waals surface area (Å²) in [6, 6.07) is 9.97. The number of carbonyl (C=O) groups excluding carboxylic acids is 2. The number of hydrogen-bond donors (Lipinski definition) is 1. The van der Waals surface area contributed by atoms with Crippen molar-refractivity contribution < 1.29 is 9.59 Å². The predicted octanol–water partition coefficient (Wildman–Crippen LogP) is 2.66. The second kappa shape index (κ2) is 10.4. The van der Waals surface area contributed by atoms with E-state index in [1.807, 2.05) is 39.0 Å². The molecule has 6 heteroatoms. The largest absolute Gasteiger partial charge is 0.350 e. The lowest BCUT2D eigenvalue weighted by Gasteiger charge is -2.36. The van der Waals surface area contributed by atoms with Gasteiger partial charge in [-0.2, -0.15) is 0 Å². The topological polar surface area (TPSA) is 55.9 Å². The van der Waals surface area contributed by atoms with Crippen LogP contribution in [0.1, 0.15) is 58.1 Å². The van der Waals surface area contributed by atoms with Crippen molar-refractivity contribution in [3.63, 3.8) is 0 Å². The van der Waals surface area contributed by atoms with Crippen LogP contribution in [0.2, 0.25) is 0 Å². The highest BCUT2D eigenvalue weighted by Gasteiger charge is 2.33. The Balaban J connectivity index is 1.68. The number of likely N-dealkylation sites (tertiary alicyclic amines) is 1. The monoisotopic (exact) mass is 414 g/mol. The molecule has 2 aliphatic heterocycles. The molecule has 1 aromatic rings. The third kappa shape index (κ3) is 6.54. The van der Waals surface area contributed by atoms with Crippen LogP contribution >= 0.6 is 0 Å². The summed E-state index contributed by atoms with van der Waals surface area (Å²) in [6.45, 7) is 11.5. The van der Waals surface area contributed by atoms with Crippen molar-refractivity contribution in [2.75, 3.05) is 45.8 Å². The van der Waals surface area contributed by atoms with Crippen LogP contribution in [-0.2, 0) is 9.59 Å². The van der Waals surface area contributed by atoms with Gasteiger partial charge in [-0.15, -0.1) is 0 Å². The van der Waals surface area contributed by atoms with Crippen LogP contribution in [-0.4, -0.2) is 77.9 Å². The predicted molar refractivity (Wildman–Crippen MR) is 120 cm³/mol. The SMILES string of the molecule is CC(C)(C)NC(=O)CN1CCCN(C(C(=O)N2CCCCC2)c2ccccc2)CC1. The van der Waals surface area contributed by atoms with E-state index in [1.54, 1.807) is 0 Å². The highest BCUT2D eigenvalue weighted by atomic mass is 16.2. The number of hydrogen-bond acceptors (Lipinski definition) is 4. The van der Waals surface area contributed by atoms with E-state index in [-0.39, 0.29) is 23.4 Å². The van der Waals surface area contributed by atoms with Crippen LogP contribution in [0.3, 0.4) is 0 Å². The van der Waals surface area contributed by atoms with Gasteiger partial charge in [0.15, 0.2) is 0 Å². The molecule has 3 rings (SSSR count). The van der Waals surface area contributed by atoms with E-state index < -0.39 is 0 Å². The maximum absolute atomic E-state index is 13.5. The van der Waals surface area contributed by atoms with Gasteiger partial charge >= 0.3 is 0 Å². The van der Waals surface area contributed by atoms with Crippen molar-refractivity contribution in [1.29, 1.82) is 0 Å². The minimum Gasteiger partial charge on any atom is -0.350 e. The summed E-state index contributed by atoms with van der Waals surface area (Å²) in [7, 11) is 0. The van der Waals surface area contributed by atoms with Crippen molar-refractivity contribution in [1.82, 2.24) is 20.0 Å². The van der Waals surface area contributed by atoms with Crippen LogP contribution < -0.4 is 5.32 Å². The lowest BCUT2D eigenvalue weighted by atomic mass is 10.0. The van der Waals surface area contributed by atoms with Crippen molar-refractivity contribution in [2.24, 2.45) is 0 Å². The maximum Gasteiger partial charge on any atom is 0.244 e. The van der Waals surface area contributed by atoms with E-state index in [9.17, 15) is 9.59 Å². The van der Waals surface area contributed by atoms with Gasteiger partial charge in [0.2, 0.25) is 11.8 Å². The normalized spacial score (nSPS) is 20.4. The number of carbonyl (C=O) groups is 2. The molecule has 0 saturated carbocycles. The summed E-state index contributed by atoms with van der Waals surface area (Å²) in [5.74, 6) is 0.305. The fourth-order valence-electron chi connectivity index (χ4n) is 4.50. The van der Waals surface area contributed by atoms with Crippen LogP contribution in [0, 0.1) is 0 Å². The van der Waals surface area contributed by atoms with Gasteiger partial charge in [-0.1, -0.05) is 30.3 Å². The second-order valence-corrected chi connectivity index (χ2v) is 9.66. The van der Waals surface area contributed by atoms with Crippen molar-refractivity contribution >= 4 is 11.8 Å². The van der Waals surface area contributed by atoms with Gasteiger partial charge in [-0.3, -0.25) is 19.4 Å². The third-order valence-electron chi connectivity index (χ3n) is 5.89. The average molecular weight is 415 g/mol. The Bertz CT molecular complexity index is 695. The first-order chi connectivity index (χ1) is 14.3. The molecule has 1 unspecified atom stereocenters. The molecule has 30 heavy (non-hydrogen) atoms. The Labute approximate surface area is 181 Å². The highest BCUT2D eigenvalue weighted by Crippen LogP contribution is 2.26. The number of nitrogens with zero attached hydrogens (tertiary/aromatic N) is 3. The summed E-state index contributed by atoms with van der Waals surface area (Å²) < 4.78 is 0. The molecule has 1 N–H and O–H groups in total. The second-order valence-electron chi connectivity index (χ2n) is 9.66. The van der Waals surface area contributed by atoms with E-state index in [1.165, 1.54) is 6.42 Å². The lowest BCUT2D eigenvalue weighted by molar-refractivity contribution is -0.138. The molecule has 2 fully saturated rings. The molecule has 0 aromatic heterocycles. The maximum atomic E-state index is 13.5. The summed E-state index contributed by atoms with van der Waals surface area (Å²) in [6.07, 6.45) is 4.38. The molecule has 166 valence electrons. The zero-order chi connectivity index (χ0) is 21.6. The van der Waals surface area contributed by atoms with Crippen molar-refractivity contribution in [3.05, 3.63) is 35.9 Å². The number of piperidine rings is 1. The quantitative estimate of drug-likeness (QED) is 0.805. The molecule has 2 aliphatic rings. The summed E-state index contributed by atoms with van der Waals surface area (Å²) >= 11 is 0. The zero-order valence-electron chi connectivity index (χ0n) is 18.9. The molecule has 2 saturated heterocycles. The molecule has 0 bridgehead atoms. The number of benzene rings is 1. The molecule has 0 radical (unpaired) electrons. The van der Waals surface area contributed by atoms with Gasteiger partial charge in [0, 0.05) is 38.3 Å². The Hall–Kier alpha value is -1.92. The van der Waals surface area contributed by atoms with Gasteiger partial charge in [-0.05, 0) is 58.6 Å². The number of nitrogens with one attached hydrogen (secondary N) is 1. The molecule has 1 aromatic carbocycles. The molecule has 2 amide bonds. The van der Waals surface area contributed by atoms with E-state index in [4.69, 9.17) is 0 Å². The molecule has 2 heterocycles. The molecule has 0 spiro atoms. The van der Waals surface area contributed by atoms with E-state index in [0.29, 0.717) is 6.54 Å². The number of amides is 2. The summed E-state index contributed by atoms with van der Waals surface area (Å²) in [4.78, 5) is 32.5. The third-order valence-corrected chi connectivity index (χ3v) is 5.89. The van der Waals surface area contributed by atoms with Crippen molar-refractivity contribution in [3.8, 4) is 0 Å². The van der Waals surface area contributed by atoms with E-state index in [0.717, 1.165) is 64.1 Å². The van der Waals surface area contributed by atoms with Gasteiger partial charge in [0.05, 0.1) is 6.54 Å². The first-order valence-electron chi connectivity index (χ1n) is 11.4. The van der Waals surface area contributed by atoms with Crippen LogP contribution in [0.4, 0.5) is 0 Å². The molecule has 1 atom stereocenters. The van der Waals surface area contributed by atoms with Gasteiger partial charge in [0.1, 0.15) is 6.04 Å². The Kier molecular flexibility index (Phi) is 7.89. The van der Waals surface area contributed by atoms with Crippen molar-refractivity contribution in [2.45, 2.75) is 58.0 Å². The minimum atomic E-state index is -0.229. The Morgan fingerprint density at radius 2 is 1.60 bits per heavy atom. The van der Waals surface area contributed by atoms with Gasteiger partial charge in [-0.25, -0.2) is 0 Å². The number of rotatable bonds is 5. The first kappa shape index (κ1) is 22.8. The summed E-state index contributed by atoms with van der Waals surface area (Å²) in [5, 5.41) is 3.05. The Morgan fingerprint density at radius 3 is 2.27 bits per heavy atom. The van der Waals surface area contributed by atoms with Crippen LogP contribution in [0.15, 0.2) is 30.3 Å². The molecule has 0 aliphatic carbocycles. The average Bonchev–Trinajstić information content (AvgIpc) is 2.94. The Morgan fingerprint density at radius 1 is 0.900 bits per heavy atom. The first-order valence-corrected chi connectivity index (χ1v) is 11.4. The molecular weight excluding hydrogens is 376 g/mol. The highest BCUT2D eigenvalue weighted by molar-refractivity contribution is 5.83. The minimum absolute atomic E-state index is 0.0694. The lowest BCUT2D eigenvalue weighted by Crippen LogP contribution is -2.47. The summed E-state index contributed by atoms with van der Waals surface area (Å²) in [5.41, 5.74) is 0.862. The van der Waals surface area contributed by atoms with E-state index in [2.05, 4.69) is 32.1 Å². The zero-order valence-corrected chi connectivity index (χ0v) is 18.9. The molecular formula is C24H38N4O2.